The van der Waals surface area contributed by atoms with Gasteiger partial charge < -0.3 is 10.2 Å². The molecule has 0 aliphatic heterocycles. The molecule has 0 saturated heterocycles. The van der Waals surface area contributed by atoms with Gasteiger partial charge in [0.1, 0.15) is 11.6 Å². The topological polar surface area (TPSA) is 52.0 Å². The van der Waals surface area contributed by atoms with Crippen LogP contribution in [0.1, 0.15) is 5.69 Å². The monoisotopic (exact) mass is 210 g/mol. The lowest BCUT2D eigenvalue weighted by Gasteiger charge is -1.99. The molecular formula is C10H8F2N2O. The minimum absolute atomic E-state index is 0.0359. The number of anilines is 1. The molecule has 1 heterocycles. The van der Waals surface area contributed by atoms with Gasteiger partial charge in [-0.1, -0.05) is 0 Å². The first-order chi connectivity index (χ1) is 7.08. The molecular weight excluding hydrogens is 202 g/mol. The van der Waals surface area contributed by atoms with E-state index < -0.39 is 11.6 Å². The van der Waals surface area contributed by atoms with Gasteiger partial charge in [-0.2, -0.15) is 4.98 Å². The Kier molecular flexibility index (Phi) is 2.15. The van der Waals surface area contributed by atoms with Crippen molar-refractivity contribution >= 4 is 6.01 Å². The third-order valence-corrected chi connectivity index (χ3v) is 1.99. The first-order valence-electron chi connectivity index (χ1n) is 4.26. The molecule has 0 fully saturated rings. The van der Waals surface area contributed by atoms with E-state index in [0.29, 0.717) is 5.69 Å². The van der Waals surface area contributed by atoms with E-state index in [1.165, 1.54) is 6.07 Å². The number of rotatable bonds is 1. The highest BCUT2D eigenvalue weighted by Crippen LogP contribution is 2.27. The van der Waals surface area contributed by atoms with E-state index in [9.17, 15) is 8.78 Å². The average Bonchev–Trinajstić information content (AvgIpc) is 2.45. The van der Waals surface area contributed by atoms with Gasteiger partial charge in [-0.25, -0.2) is 8.78 Å². The van der Waals surface area contributed by atoms with E-state index in [4.69, 9.17) is 10.2 Å². The maximum absolute atomic E-state index is 13.4. The van der Waals surface area contributed by atoms with Gasteiger partial charge in [0, 0.05) is 6.07 Å². The summed E-state index contributed by atoms with van der Waals surface area (Å²) in [5, 5.41) is 0. The second kappa shape index (κ2) is 3.34. The highest BCUT2D eigenvalue weighted by Gasteiger charge is 2.14. The predicted octanol–water partition coefficient (Wildman–Crippen LogP) is 2.51. The Balaban J connectivity index is 2.59. The molecule has 0 bridgehead atoms. The van der Waals surface area contributed by atoms with Crippen LogP contribution in [0.15, 0.2) is 22.6 Å². The molecule has 2 rings (SSSR count). The fourth-order valence-electron chi connectivity index (χ4n) is 1.34. The molecule has 15 heavy (non-hydrogen) atoms. The summed E-state index contributed by atoms with van der Waals surface area (Å²) in [6.45, 7) is 1.64. The van der Waals surface area contributed by atoms with Gasteiger partial charge in [0.25, 0.3) is 6.01 Å². The van der Waals surface area contributed by atoms with Crippen molar-refractivity contribution in [2.75, 3.05) is 5.73 Å². The second-order valence-electron chi connectivity index (χ2n) is 3.09. The molecule has 0 saturated carbocycles. The number of hydrogen-bond acceptors (Lipinski definition) is 3. The molecule has 0 unspecified atom stereocenters. The average molecular weight is 210 g/mol. The van der Waals surface area contributed by atoms with Crippen molar-refractivity contribution in [2.45, 2.75) is 6.92 Å². The van der Waals surface area contributed by atoms with Crippen LogP contribution in [0.5, 0.6) is 0 Å². The Morgan fingerprint density at radius 3 is 2.60 bits per heavy atom. The van der Waals surface area contributed by atoms with Gasteiger partial charge in [0.2, 0.25) is 0 Å². The maximum Gasteiger partial charge on any atom is 0.292 e. The van der Waals surface area contributed by atoms with Gasteiger partial charge in [-0.15, -0.1) is 0 Å². The quantitative estimate of drug-likeness (QED) is 0.786. The SMILES string of the molecule is Cc1nc(N)oc1-c1ccc(F)cc1F. The summed E-state index contributed by atoms with van der Waals surface area (Å²) in [6, 6.07) is 3.19. The number of halogens is 2. The van der Waals surface area contributed by atoms with E-state index in [1.807, 2.05) is 0 Å². The Hall–Kier alpha value is -1.91. The van der Waals surface area contributed by atoms with E-state index in [-0.39, 0.29) is 17.3 Å². The molecule has 2 N–H and O–H groups in total. The minimum atomic E-state index is -0.700. The van der Waals surface area contributed by atoms with Crippen molar-refractivity contribution in [1.82, 2.24) is 4.98 Å². The molecule has 3 nitrogen and oxygen atoms in total. The second-order valence-corrected chi connectivity index (χ2v) is 3.09. The van der Waals surface area contributed by atoms with Gasteiger partial charge in [0.15, 0.2) is 5.76 Å². The van der Waals surface area contributed by atoms with E-state index >= 15 is 0 Å². The highest BCUT2D eigenvalue weighted by molar-refractivity contribution is 5.61. The van der Waals surface area contributed by atoms with Crippen molar-refractivity contribution in [3.8, 4) is 11.3 Å². The van der Waals surface area contributed by atoms with Gasteiger partial charge in [0.05, 0.1) is 11.3 Å². The summed E-state index contributed by atoms with van der Waals surface area (Å²) in [6.07, 6.45) is 0. The van der Waals surface area contributed by atoms with Gasteiger partial charge >= 0.3 is 0 Å². The largest absolute Gasteiger partial charge is 0.423 e. The van der Waals surface area contributed by atoms with Crippen LogP contribution in [0, 0.1) is 18.6 Å². The van der Waals surface area contributed by atoms with Crippen molar-refractivity contribution < 1.29 is 13.2 Å². The van der Waals surface area contributed by atoms with E-state index in [2.05, 4.69) is 4.98 Å². The van der Waals surface area contributed by atoms with Crippen LogP contribution in [0.25, 0.3) is 11.3 Å². The van der Waals surface area contributed by atoms with Crippen LogP contribution >= 0.6 is 0 Å². The standard InChI is InChI=1S/C10H8F2N2O/c1-5-9(15-10(13)14-5)7-3-2-6(11)4-8(7)12/h2-4H,1H3,(H2,13,14). The molecule has 78 valence electrons. The summed E-state index contributed by atoms with van der Waals surface area (Å²) in [5.74, 6) is -1.11. The fraction of sp³-hybridized carbons (Fsp3) is 0.100. The lowest BCUT2D eigenvalue weighted by molar-refractivity contribution is 0.566. The van der Waals surface area contributed by atoms with Crippen LogP contribution in [0.2, 0.25) is 0 Å². The molecule has 0 amide bonds. The number of nitrogens with two attached hydrogens (primary N) is 1. The van der Waals surface area contributed by atoms with Crippen molar-refractivity contribution in [3.05, 3.63) is 35.5 Å². The van der Waals surface area contributed by atoms with E-state index in [1.54, 1.807) is 6.92 Å². The van der Waals surface area contributed by atoms with E-state index in [0.717, 1.165) is 12.1 Å². The van der Waals surface area contributed by atoms with Crippen LogP contribution in [-0.2, 0) is 0 Å². The molecule has 0 atom stereocenters. The number of aryl methyl sites for hydroxylation is 1. The summed E-state index contributed by atoms with van der Waals surface area (Å²) in [4.78, 5) is 3.80. The zero-order valence-electron chi connectivity index (χ0n) is 7.92. The van der Waals surface area contributed by atoms with Crippen molar-refractivity contribution in [2.24, 2.45) is 0 Å². The Morgan fingerprint density at radius 1 is 1.33 bits per heavy atom. The lowest BCUT2D eigenvalue weighted by atomic mass is 10.1. The zero-order valence-corrected chi connectivity index (χ0v) is 7.92. The third-order valence-electron chi connectivity index (χ3n) is 1.99. The Morgan fingerprint density at radius 2 is 2.07 bits per heavy atom. The fourth-order valence-corrected chi connectivity index (χ4v) is 1.34. The molecule has 0 aliphatic rings. The number of nitrogens with zero attached hydrogens (tertiary/aromatic N) is 1. The predicted molar refractivity (Wildman–Crippen MR) is 51.0 cm³/mol. The lowest BCUT2D eigenvalue weighted by Crippen LogP contribution is -1.86. The maximum atomic E-state index is 13.4. The normalized spacial score (nSPS) is 10.6. The number of nitrogen functional groups attached to an aromatic ring is 1. The van der Waals surface area contributed by atoms with Crippen molar-refractivity contribution in [3.63, 3.8) is 0 Å². The number of aromatic nitrogens is 1. The Labute approximate surface area is 84.5 Å². The summed E-state index contributed by atoms with van der Waals surface area (Å²) >= 11 is 0. The van der Waals surface area contributed by atoms with Crippen LogP contribution in [-0.4, -0.2) is 4.98 Å². The number of hydrogen-bond donors (Lipinski definition) is 1. The van der Waals surface area contributed by atoms with Crippen molar-refractivity contribution in [1.29, 1.82) is 0 Å². The molecule has 0 aliphatic carbocycles. The number of benzene rings is 1. The molecule has 1 aromatic heterocycles. The summed E-state index contributed by atoms with van der Waals surface area (Å²) < 4.78 is 31.0. The molecule has 5 heteroatoms. The molecule has 2 aromatic rings. The zero-order chi connectivity index (χ0) is 11.0. The summed E-state index contributed by atoms with van der Waals surface area (Å²) in [5.41, 5.74) is 5.94. The summed E-state index contributed by atoms with van der Waals surface area (Å²) in [7, 11) is 0. The highest BCUT2D eigenvalue weighted by atomic mass is 19.1. The molecule has 0 radical (unpaired) electrons. The first kappa shape index (κ1) is 9.64. The molecule has 1 aromatic carbocycles. The number of oxazole rings is 1. The van der Waals surface area contributed by atoms with Gasteiger partial charge in [-0.05, 0) is 19.1 Å². The third kappa shape index (κ3) is 1.68. The smallest absolute Gasteiger partial charge is 0.292 e. The van der Waals surface area contributed by atoms with Crippen LogP contribution in [0.4, 0.5) is 14.8 Å². The minimum Gasteiger partial charge on any atom is -0.423 e. The van der Waals surface area contributed by atoms with Gasteiger partial charge in [-0.3, -0.25) is 0 Å². The Bertz CT molecular complexity index is 508. The van der Waals surface area contributed by atoms with Crippen LogP contribution < -0.4 is 5.73 Å². The molecule has 0 spiro atoms. The first-order valence-corrected chi connectivity index (χ1v) is 4.26. The van der Waals surface area contributed by atoms with Crippen LogP contribution in [0.3, 0.4) is 0 Å².